The lowest BCUT2D eigenvalue weighted by atomic mass is 10.0. The summed E-state index contributed by atoms with van der Waals surface area (Å²) in [5, 5.41) is 8.29. The molecule has 1 unspecified atom stereocenters. The predicted molar refractivity (Wildman–Crippen MR) is 56.3 cm³/mol. The summed E-state index contributed by atoms with van der Waals surface area (Å²) in [4.78, 5) is 21.2. The van der Waals surface area contributed by atoms with Gasteiger partial charge in [0.2, 0.25) is 0 Å². The molecule has 0 bridgehead atoms. The molecule has 0 radical (unpaired) electrons. The van der Waals surface area contributed by atoms with Gasteiger partial charge in [0.1, 0.15) is 6.61 Å². The number of carboxylic acid groups (broad SMARTS) is 1. The van der Waals surface area contributed by atoms with E-state index in [9.17, 15) is 9.59 Å². The van der Waals surface area contributed by atoms with E-state index < -0.39 is 16.9 Å². The summed E-state index contributed by atoms with van der Waals surface area (Å²) in [5.41, 5.74) is 8.72. The zero-order valence-corrected chi connectivity index (χ0v) is 9.68. The molecule has 2 amide bonds. The first-order valence-electron chi connectivity index (χ1n) is 5.41. The molecule has 0 aliphatic rings. The van der Waals surface area contributed by atoms with Crippen molar-refractivity contribution >= 4 is 12.2 Å². The molecule has 0 rings (SSSR count). The third-order valence-corrected chi connectivity index (χ3v) is 2.34. The number of ether oxygens (including phenoxy) is 1. The highest BCUT2D eigenvalue weighted by molar-refractivity contribution is 5.71. The minimum Gasteiger partial charge on any atom is -0.481 e. The Hall–Kier alpha value is -1.46. The first-order valence-corrected chi connectivity index (χ1v) is 5.41. The Balaban J connectivity index is 3.96. The van der Waals surface area contributed by atoms with Crippen LogP contribution in [0.1, 0.15) is 39.5 Å². The van der Waals surface area contributed by atoms with E-state index in [1.54, 1.807) is 0 Å². The molecule has 0 aliphatic heterocycles. The quantitative estimate of drug-likeness (QED) is 0.561. The van der Waals surface area contributed by atoms with Gasteiger partial charge in [-0.25, -0.2) is 0 Å². The first kappa shape index (κ1) is 14.5. The summed E-state index contributed by atoms with van der Waals surface area (Å²) in [7, 11) is 0. The van der Waals surface area contributed by atoms with Gasteiger partial charge in [-0.3, -0.25) is 0 Å². The van der Waals surface area contributed by atoms with Crippen molar-refractivity contribution in [3.05, 3.63) is 5.53 Å². The van der Waals surface area contributed by atoms with Crippen molar-refractivity contribution in [3.8, 4) is 0 Å². The van der Waals surface area contributed by atoms with E-state index >= 15 is 0 Å². The number of carbonyl (C=O) groups excluding carboxylic acids is 1. The highest BCUT2D eigenvalue weighted by atomic mass is 16.6. The molecule has 6 nitrogen and oxygen atoms in total. The Labute approximate surface area is 94.7 Å². The van der Waals surface area contributed by atoms with E-state index in [4.69, 9.17) is 10.6 Å². The third kappa shape index (κ3) is 5.43. The normalized spacial score (nSPS) is 11.9. The van der Waals surface area contributed by atoms with Crippen LogP contribution in [-0.4, -0.2) is 28.6 Å². The number of nitrogens with zero attached hydrogens (tertiary/aromatic N) is 2. The van der Waals surface area contributed by atoms with Gasteiger partial charge in [0.25, 0.3) is 0 Å². The lowest BCUT2D eigenvalue weighted by Crippen LogP contribution is -2.25. The highest BCUT2D eigenvalue weighted by Crippen LogP contribution is 2.13. The number of unbranched alkanes of at least 4 members (excludes halogenated alkanes) is 1. The average molecular weight is 230 g/mol. The van der Waals surface area contributed by atoms with Crippen LogP contribution in [0.25, 0.3) is 5.53 Å². The number of rotatable bonds is 6. The van der Waals surface area contributed by atoms with Gasteiger partial charge in [-0.2, -0.15) is 9.59 Å². The second-order valence-electron chi connectivity index (χ2n) is 3.59. The molecule has 1 N–H and O–H groups in total. The predicted octanol–water partition coefficient (Wildman–Crippen LogP) is 3.05. The smallest absolute Gasteiger partial charge is 0.481 e. The second kappa shape index (κ2) is 7.78. The second-order valence-corrected chi connectivity index (χ2v) is 3.59. The number of imide groups is 1. The molecule has 0 aromatic rings. The van der Waals surface area contributed by atoms with Crippen LogP contribution in [0.5, 0.6) is 0 Å². The fraction of sp³-hybridized carbons (Fsp3) is 0.800. The summed E-state index contributed by atoms with van der Waals surface area (Å²) in [6.45, 7) is 4.18. The number of amides is 2. The minimum atomic E-state index is -1.74. The van der Waals surface area contributed by atoms with E-state index in [0.717, 1.165) is 25.7 Å². The van der Waals surface area contributed by atoms with Crippen LogP contribution in [-0.2, 0) is 4.74 Å². The largest absolute Gasteiger partial charge is 0.596 e. The molecule has 6 heteroatoms. The van der Waals surface area contributed by atoms with Crippen molar-refractivity contribution in [2.24, 2.45) is 5.92 Å². The molecule has 92 valence electrons. The fourth-order valence-corrected chi connectivity index (χ4v) is 1.23. The number of carbonyl (C=O) groups is 2. The van der Waals surface area contributed by atoms with E-state index in [1.165, 1.54) is 0 Å². The molecule has 0 aromatic heterocycles. The van der Waals surface area contributed by atoms with Gasteiger partial charge in [0.15, 0.2) is 0 Å². The summed E-state index contributed by atoms with van der Waals surface area (Å²) < 4.78 is 4.22. The van der Waals surface area contributed by atoms with Gasteiger partial charge in [0, 0.05) is 0 Å². The summed E-state index contributed by atoms with van der Waals surface area (Å²) in [5.74, 6) is 0.214. The molecule has 16 heavy (non-hydrogen) atoms. The van der Waals surface area contributed by atoms with Crippen molar-refractivity contribution in [1.82, 2.24) is 0 Å². The van der Waals surface area contributed by atoms with Crippen LogP contribution in [0.4, 0.5) is 9.59 Å². The summed E-state index contributed by atoms with van der Waals surface area (Å²) >= 11 is 0. The van der Waals surface area contributed by atoms with Gasteiger partial charge in [0.05, 0.1) is 0 Å². The van der Waals surface area contributed by atoms with Crippen molar-refractivity contribution in [1.29, 1.82) is 0 Å². The highest BCUT2D eigenvalue weighted by Gasteiger charge is 2.22. The van der Waals surface area contributed by atoms with Gasteiger partial charge in [-0.15, -0.1) is 4.70 Å². The van der Waals surface area contributed by atoms with E-state index in [0.29, 0.717) is 0 Å². The van der Waals surface area contributed by atoms with Crippen LogP contribution in [0.3, 0.4) is 0 Å². The van der Waals surface area contributed by atoms with Gasteiger partial charge >= 0.3 is 12.2 Å². The van der Waals surface area contributed by atoms with Crippen LogP contribution in [0.15, 0.2) is 0 Å². The lowest BCUT2D eigenvalue weighted by molar-refractivity contribution is -0.387. The summed E-state index contributed by atoms with van der Waals surface area (Å²) in [6, 6.07) is 0. The number of hydrogen-bond donors (Lipinski definition) is 1. The Kier molecular flexibility index (Phi) is 7.07. The van der Waals surface area contributed by atoms with E-state index in [1.807, 2.05) is 6.92 Å². The zero-order chi connectivity index (χ0) is 12.6. The van der Waals surface area contributed by atoms with Crippen molar-refractivity contribution in [2.75, 3.05) is 6.61 Å². The first-order chi connectivity index (χ1) is 7.52. The summed E-state index contributed by atoms with van der Waals surface area (Å²) in [6.07, 6.45) is 0.891. The third-order valence-electron chi connectivity index (χ3n) is 2.34. The lowest BCUT2D eigenvalue weighted by Gasteiger charge is -2.12. The Morgan fingerprint density at radius 2 is 2.06 bits per heavy atom. The van der Waals surface area contributed by atoms with Gasteiger partial charge < -0.3 is 15.4 Å². The number of hydrogen-bond acceptors (Lipinski definition) is 3. The van der Waals surface area contributed by atoms with Crippen LogP contribution in [0.2, 0.25) is 0 Å². The zero-order valence-electron chi connectivity index (χ0n) is 9.68. The van der Waals surface area contributed by atoms with E-state index in [-0.39, 0.29) is 12.5 Å². The maximum atomic E-state index is 11.0. The molecule has 0 spiro atoms. The Morgan fingerprint density at radius 1 is 1.44 bits per heavy atom. The van der Waals surface area contributed by atoms with Crippen molar-refractivity contribution < 1.29 is 24.1 Å². The topological polar surface area (TPSA) is 88.9 Å². The molecular weight excluding hydrogens is 212 g/mol. The molecule has 0 aliphatic carbocycles. The van der Waals surface area contributed by atoms with Crippen molar-refractivity contribution in [3.63, 3.8) is 0 Å². The molecule has 0 saturated carbocycles. The Bertz CT molecular complexity index is 266. The maximum Gasteiger partial charge on any atom is 0.596 e. The minimum absolute atomic E-state index is 0.139. The molecule has 0 fully saturated rings. The molecule has 1 atom stereocenters. The van der Waals surface area contributed by atoms with Gasteiger partial charge in [-0.05, 0) is 12.3 Å². The van der Waals surface area contributed by atoms with Crippen LogP contribution in [0, 0.1) is 5.92 Å². The van der Waals surface area contributed by atoms with Gasteiger partial charge in [-0.1, -0.05) is 33.1 Å². The van der Waals surface area contributed by atoms with Crippen molar-refractivity contribution in [2.45, 2.75) is 39.5 Å². The fourth-order valence-electron chi connectivity index (χ4n) is 1.23. The molecule has 0 aromatic carbocycles. The molecule has 0 saturated heterocycles. The molecular formula is C10H18N2O4. The SMILES string of the molecule is CCCCC(CC)COC(=O)[N+](=[N-])C(=O)O. The van der Waals surface area contributed by atoms with Crippen LogP contribution < -0.4 is 0 Å². The monoisotopic (exact) mass is 230 g/mol. The van der Waals surface area contributed by atoms with Crippen LogP contribution >= 0.6 is 0 Å². The van der Waals surface area contributed by atoms with E-state index in [2.05, 4.69) is 11.7 Å². The average Bonchev–Trinajstić information content (AvgIpc) is 2.27. The standard InChI is InChI=1S/C10H18N2O4/c1-3-5-6-8(4-2)7-16-10(15)12(11)9(13)14/h8H,3-7H2,1-2H3,(H,13,14). The Morgan fingerprint density at radius 3 is 2.50 bits per heavy atom. The molecule has 0 heterocycles. The maximum absolute atomic E-state index is 11.0.